The number of hydrogen-bond donors (Lipinski definition) is 2. The summed E-state index contributed by atoms with van der Waals surface area (Å²) in [5.41, 5.74) is 0. The van der Waals surface area contributed by atoms with Gasteiger partial charge in [-0.3, -0.25) is 0 Å². The third kappa shape index (κ3) is 6.88. The van der Waals surface area contributed by atoms with Crippen LogP contribution in [0.25, 0.3) is 0 Å². The van der Waals surface area contributed by atoms with Crippen molar-refractivity contribution in [3.63, 3.8) is 0 Å². The van der Waals surface area contributed by atoms with Gasteiger partial charge in [0.1, 0.15) is 0 Å². The van der Waals surface area contributed by atoms with Crippen LogP contribution in [-0.4, -0.2) is 24.8 Å². The first-order valence-electron chi connectivity index (χ1n) is 5.45. The normalized spacial score (nSPS) is 14.7. The molecule has 0 aromatic rings. The van der Waals surface area contributed by atoms with Gasteiger partial charge in [-0.15, -0.1) is 0 Å². The summed E-state index contributed by atoms with van der Waals surface area (Å²) in [4.78, 5) is 0. The first-order chi connectivity index (χ1) is 6.74. The van der Waals surface area contributed by atoms with Gasteiger partial charge in [-0.05, 0) is 32.2 Å². The second-order valence-electron chi connectivity index (χ2n) is 3.86. The number of nitrogens with one attached hydrogen (secondary N) is 1. The number of nitriles is 1. The summed E-state index contributed by atoms with van der Waals surface area (Å²) in [6, 6.07) is 2.19. The van der Waals surface area contributed by atoms with E-state index in [0.29, 0.717) is 5.92 Å². The van der Waals surface area contributed by atoms with E-state index >= 15 is 0 Å². The maximum absolute atomic E-state index is 8.84. The molecule has 0 rings (SSSR count). The van der Waals surface area contributed by atoms with E-state index in [0.717, 1.165) is 32.4 Å². The molecule has 0 aromatic carbocycles. The molecule has 82 valence electrons. The molecule has 0 bridgehead atoms. The van der Waals surface area contributed by atoms with Crippen molar-refractivity contribution in [2.75, 3.05) is 19.7 Å². The van der Waals surface area contributed by atoms with Crippen molar-refractivity contribution in [1.29, 1.82) is 5.26 Å². The van der Waals surface area contributed by atoms with Gasteiger partial charge in [-0.2, -0.15) is 5.26 Å². The van der Waals surface area contributed by atoms with E-state index in [4.69, 9.17) is 10.4 Å². The smallest absolute Gasteiger partial charge is 0.0666 e. The van der Waals surface area contributed by atoms with Gasteiger partial charge in [0.15, 0.2) is 0 Å². The summed E-state index contributed by atoms with van der Waals surface area (Å²) in [5, 5.41) is 20.7. The van der Waals surface area contributed by atoms with Crippen molar-refractivity contribution in [3.05, 3.63) is 0 Å². The molecule has 3 heteroatoms. The Kier molecular flexibility index (Phi) is 8.61. The summed E-state index contributed by atoms with van der Waals surface area (Å²) in [5.74, 6) is 0.627. The molecule has 2 atom stereocenters. The van der Waals surface area contributed by atoms with Crippen LogP contribution in [0.2, 0.25) is 0 Å². The Morgan fingerprint density at radius 2 is 2.07 bits per heavy atom. The molecule has 0 fully saturated rings. The van der Waals surface area contributed by atoms with E-state index < -0.39 is 0 Å². The quantitative estimate of drug-likeness (QED) is 0.622. The van der Waals surface area contributed by atoms with Crippen LogP contribution in [0.1, 0.15) is 33.1 Å². The third-order valence-corrected chi connectivity index (χ3v) is 2.34. The molecule has 0 saturated carbocycles. The predicted molar refractivity (Wildman–Crippen MR) is 57.7 cm³/mol. The van der Waals surface area contributed by atoms with Crippen LogP contribution in [0, 0.1) is 23.2 Å². The largest absolute Gasteiger partial charge is 0.396 e. The Hall–Kier alpha value is -0.590. The molecule has 0 aromatic heterocycles. The van der Waals surface area contributed by atoms with Gasteiger partial charge in [0, 0.05) is 13.2 Å². The molecule has 0 radical (unpaired) electrons. The zero-order valence-electron chi connectivity index (χ0n) is 9.29. The minimum absolute atomic E-state index is 0.0754. The van der Waals surface area contributed by atoms with E-state index in [9.17, 15) is 0 Å². The van der Waals surface area contributed by atoms with Gasteiger partial charge in [0.05, 0.1) is 12.0 Å². The highest BCUT2D eigenvalue weighted by atomic mass is 16.3. The summed E-state index contributed by atoms with van der Waals surface area (Å²) in [6.45, 7) is 6.00. The number of aliphatic hydroxyl groups is 1. The van der Waals surface area contributed by atoms with Crippen LogP contribution >= 0.6 is 0 Å². The predicted octanol–water partition coefficient (Wildman–Crippen LogP) is 1.53. The lowest BCUT2D eigenvalue weighted by Gasteiger charge is -2.15. The molecule has 2 N–H and O–H groups in total. The van der Waals surface area contributed by atoms with E-state index in [1.165, 1.54) is 0 Å². The highest BCUT2D eigenvalue weighted by Crippen LogP contribution is 2.09. The first kappa shape index (κ1) is 13.4. The number of nitrogens with zero attached hydrogens (tertiary/aromatic N) is 1. The average Bonchev–Trinajstić information content (AvgIpc) is 2.18. The van der Waals surface area contributed by atoms with Crippen LogP contribution < -0.4 is 5.32 Å². The fourth-order valence-corrected chi connectivity index (χ4v) is 1.49. The molecule has 0 heterocycles. The summed E-state index contributed by atoms with van der Waals surface area (Å²) >= 11 is 0. The number of hydrogen-bond acceptors (Lipinski definition) is 3. The van der Waals surface area contributed by atoms with Crippen molar-refractivity contribution in [2.45, 2.75) is 33.1 Å². The molecule has 3 nitrogen and oxygen atoms in total. The minimum Gasteiger partial charge on any atom is -0.396 e. The Morgan fingerprint density at radius 1 is 1.36 bits per heavy atom. The van der Waals surface area contributed by atoms with E-state index in [-0.39, 0.29) is 12.5 Å². The summed E-state index contributed by atoms with van der Waals surface area (Å²) in [7, 11) is 0. The Morgan fingerprint density at radius 3 is 2.57 bits per heavy atom. The van der Waals surface area contributed by atoms with E-state index in [1.54, 1.807) is 0 Å². The van der Waals surface area contributed by atoms with Gasteiger partial charge < -0.3 is 10.4 Å². The van der Waals surface area contributed by atoms with Crippen molar-refractivity contribution in [1.82, 2.24) is 5.32 Å². The molecular formula is C11H22N2O. The third-order valence-electron chi connectivity index (χ3n) is 2.34. The van der Waals surface area contributed by atoms with Gasteiger partial charge in [-0.1, -0.05) is 13.3 Å². The van der Waals surface area contributed by atoms with Gasteiger partial charge in [-0.25, -0.2) is 0 Å². The monoisotopic (exact) mass is 198 g/mol. The standard InChI is InChI=1S/C11H22N2O/c1-3-4-11(5-6-14)9-13-8-10(2)7-12/h10-11,13-14H,3-6,8-9H2,1-2H3. The summed E-state index contributed by atoms with van der Waals surface area (Å²) < 4.78 is 0. The van der Waals surface area contributed by atoms with Crippen molar-refractivity contribution >= 4 is 0 Å². The number of aliphatic hydroxyl groups excluding tert-OH is 1. The Bertz CT molecular complexity index is 159. The lowest BCUT2D eigenvalue weighted by Crippen LogP contribution is -2.27. The zero-order chi connectivity index (χ0) is 10.8. The second-order valence-corrected chi connectivity index (χ2v) is 3.86. The molecule has 14 heavy (non-hydrogen) atoms. The van der Waals surface area contributed by atoms with Crippen LogP contribution in [0.5, 0.6) is 0 Å². The summed E-state index contributed by atoms with van der Waals surface area (Å²) in [6.07, 6.45) is 3.16. The minimum atomic E-state index is 0.0754. The zero-order valence-corrected chi connectivity index (χ0v) is 9.29. The molecule has 0 spiro atoms. The van der Waals surface area contributed by atoms with Gasteiger partial charge in [0.25, 0.3) is 0 Å². The molecule has 0 amide bonds. The van der Waals surface area contributed by atoms with Crippen LogP contribution in [0.15, 0.2) is 0 Å². The van der Waals surface area contributed by atoms with Crippen molar-refractivity contribution in [2.24, 2.45) is 11.8 Å². The van der Waals surface area contributed by atoms with Crippen LogP contribution in [0.3, 0.4) is 0 Å². The topological polar surface area (TPSA) is 56.0 Å². The molecule has 0 aliphatic heterocycles. The average molecular weight is 198 g/mol. The molecule has 0 aliphatic rings. The van der Waals surface area contributed by atoms with E-state index in [2.05, 4.69) is 18.3 Å². The maximum Gasteiger partial charge on any atom is 0.0666 e. The molecular weight excluding hydrogens is 176 g/mol. The van der Waals surface area contributed by atoms with Crippen molar-refractivity contribution in [3.8, 4) is 6.07 Å². The Labute approximate surface area is 87.1 Å². The number of rotatable bonds is 8. The van der Waals surface area contributed by atoms with Crippen molar-refractivity contribution < 1.29 is 5.11 Å². The lowest BCUT2D eigenvalue weighted by molar-refractivity contribution is 0.247. The van der Waals surface area contributed by atoms with Gasteiger partial charge in [0.2, 0.25) is 0 Å². The SMILES string of the molecule is CCCC(CCO)CNCC(C)C#N. The fourth-order valence-electron chi connectivity index (χ4n) is 1.49. The molecule has 0 aliphatic carbocycles. The molecule has 2 unspecified atom stereocenters. The highest BCUT2D eigenvalue weighted by Gasteiger charge is 2.07. The first-order valence-corrected chi connectivity index (χ1v) is 5.45. The maximum atomic E-state index is 8.84. The second kappa shape index (κ2) is 8.98. The van der Waals surface area contributed by atoms with E-state index in [1.807, 2.05) is 6.92 Å². The fraction of sp³-hybridized carbons (Fsp3) is 0.909. The highest BCUT2D eigenvalue weighted by molar-refractivity contribution is 4.80. The molecule has 0 saturated heterocycles. The Balaban J connectivity index is 3.55. The van der Waals surface area contributed by atoms with Gasteiger partial charge >= 0.3 is 0 Å². The van der Waals surface area contributed by atoms with Crippen LogP contribution in [-0.2, 0) is 0 Å². The lowest BCUT2D eigenvalue weighted by atomic mass is 10.00. The van der Waals surface area contributed by atoms with Crippen LogP contribution in [0.4, 0.5) is 0 Å².